The number of ether oxygens (including phenoxy) is 1. The molecule has 0 radical (unpaired) electrons. The zero-order chi connectivity index (χ0) is 13.9. The van der Waals surface area contributed by atoms with Gasteiger partial charge in [0.15, 0.2) is 0 Å². The van der Waals surface area contributed by atoms with E-state index in [2.05, 4.69) is 37.2 Å². The molecule has 0 fully saturated rings. The number of unbranched alkanes of at least 4 members (excludes halogenated alkanes) is 1. The molecular weight excluding hydrogens is 234 g/mol. The van der Waals surface area contributed by atoms with Crippen molar-refractivity contribution in [2.75, 3.05) is 6.61 Å². The van der Waals surface area contributed by atoms with Crippen LogP contribution < -0.4 is 10.1 Å². The van der Waals surface area contributed by atoms with Crippen molar-refractivity contribution in [1.82, 2.24) is 5.32 Å². The van der Waals surface area contributed by atoms with Crippen LogP contribution in [0.25, 0.3) is 0 Å². The van der Waals surface area contributed by atoms with Gasteiger partial charge >= 0.3 is 0 Å². The summed E-state index contributed by atoms with van der Waals surface area (Å²) in [6, 6.07) is 8.40. The zero-order valence-corrected chi connectivity index (χ0v) is 12.1. The van der Waals surface area contributed by atoms with Crippen molar-refractivity contribution in [3.8, 4) is 18.1 Å². The second-order valence-corrected chi connectivity index (χ2v) is 4.73. The molecule has 0 aliphatic carbocycles. The maximum absolute atomic E-state index is 5.63. The lowest BCUT2D eigenvalue weighted by Crippen LogP contribution is -2.26. The second kappa shape index (κ2) is 9.47. The lowest BCUT2D eigenvalue weighted by Gasteiger charge is -2.12. The van der Waals surface area contributed by atoms with E-state index in [4.69, 9.17) is 11.2 Å². The van der Waals surface area contributed by atoms with Crippen LogP contribution in [-0.2, 0) is 6.54 Å². The van der Waals surface area contributed by atoms with Gasteiger partial charge in [0.2, 0.25) is 0 Å². The minimum Gasteiger partial charge on any atom is -0.494 e. The Morgan fingerprint density at radius 2 is 1.95 bits per heavy atom. The Kier molecular flexibility index (Phi) is 7.77. The van der Waals surface area contributed by atoms with Crippen molar-refractivity contribution < 1.29 is 4.74 Å². The summed E-state index contributed by atoms with van der Waals surface area (Å²) < 4.78 is 5.63. The Labute approximate surface area is 117 Å². The average molecular weight is 259 g/mol. The summed E-state index contributed by atoms with van der Waals surface area (Å²) in [5, 5.41) is 3.38. The SMILES string of the molecule is C#CC(CCC)NCc1ccc(OCCCC)cc1. The normalized spacial score (nSPS) is 11.8. The van der Waals surface area contributed by atoms with Crippen molar-refractivity contribution in [1.29, 1.82) is 0 Å². The van der Waals surface area contributed by atoms with Gasteiger partial charge in [-0.2, -0.15) is 0 Å². The van der Waals surface area contributed by atoms with Crippen molar-refractivity contribution in [2.24, 2.45) is 0 Å². The predicted octanol–water partition coefficient (Wildman–Crippen LogP) is 3.76. The number of nitrogens with one attached hydrogen (secondary N) is 1. The topological polar surface area (TPSA) is 21.3 Å². The van der Waals surface area contributed by atoms with Crippen molar-refractivity contribution in [3.63, 3.8) is 0 Å². The molecular formula is C17H25NO. The van der Waals surface area contributed by atoms with E-state index in [1.165, 1.54) is 5.56 Å². The fraction of sp³-hybridized carbons (Fsp3) is 0.529. The lowest BCUT2D eigenvalue weighted by molar-refractivity contribution is 0.309. The Hall–Kier alpha value is -1.46. The van der Waals surface area contributed by atoms with Crippen LogP contribution in [0.4, 0.5) is 0 Å². The number of hydrogen-bond acceptors (Lipinski definition) is 2. The summed E-state index contributed by atoms with van der Waals surface area (Å²) >= 11 is 0. The van der Waals surface area contributed by atoms with Crippen molar-refractivity contribution in [2.45, 2.75) is 52.1 Å². The second-order valence-electron chi connectivity index (χ2n) is 4.73. The van der Waals surface area contributed by atoms with E-state index in [1.54, 1.807) is 0 Å². The van der Waals surface area contributed by atoms with Gasteiger partial charge in [0.1, 0.15) is 5.75 Å². The highest BCUT2D eigenvalue weighted by Gasteiger charge is 2.02. The zero-order valence-electron chi connectivity index (χ0n) is 12.1. The summed E-state index contributed by atoms with van der Waals surface area (Å²) in [7, 11) is 0. The summed E-state index contributed by atoms with van der Waals surface area (Å²) in [4.78, 5) is 0. The molecule has 1 rings (SSSR count). The fourth-order valence-electron chi connectivity index (χ4n) is 1.81. The lowest BCUT2D eigenvalue weighted by atomic mass is 10.1. The molecule has 0 saturated heterocycles. The molecule has 0 spiro atoms. The molecule has 19 heavy (non-hydrogen) atoms. The Morgan fingerprint density at radius 1 is 1.21 bits per heavy atom. The highest BCUT2D eigenvalue weighted by atomic mass is 16.5. The van der Waals surface area contributed by atoms with E-state index in [1.807, 2.05) is 12.1 Å². The number of benzene rings is 1. The van der Waals surface area contributed by atoms with Crippen LogP contribution in [0.1, 0.15) is 45.1 Å². The van der Waals surface area contributed by atoms with Crippen LogP contribution in [0.5, 0.6) is 5.75 Å². The van der Waals surface area contributed by atoms with Gasteiger partial charge in [0, 0.05) is 6.54 Å². The maximum Gasteiger partial charge on any atom is 0.119 e. The Bertz CT molecular complexity index is 377. The first-order chi connectivity index (χ1) is 9.30. The molecule has 1 unspecified atom stereocenters. The van der Waals surface area contributed by atoms with Gasteiger partial charge in [-0.15, -0.1) is 6.42 Å². The van der Waals surface area contributed by atoms with Crippen molar-refractivity contribution >= 4 is 0 Å². The van der Waals surface area contributed by atoms with Crippen molar-refractivity contribution in [3.05, 3.63) is 29.8 Å². The third-order valence-electron chi connectivity index (χ3n) is 3.02. The van der Waals surface area contributed by atoms with Crippen LogP contribution in [0.2, 0.25) is 0 Å². The summed E-state index contributed by atoms with van der Waals surface area (Å²) in [5.41, 5.74) is 1.24. The first-order valence-corrected chi connectivity index (χ1v) is 7.21. The van der Waals surface area contributed by atoms with Crippen LogP contribution in [-0.4, -0.2) is 12.6 Å². The van der Waals surface area contributed by atoms with Gasteiger partial charge in [-0.25, -0.2) is 0 Å². The highest BCUT2D eigenvalue weighted by molar-refractivity contribution is 5.27. The molecule has 2 nitrogen and oxygen atoms in total. The van der Waals surface area contributed by atoms with Gasteiger partial charge in [-0.05, 0) is 30.5 Å². The largest absolute Gasteiger partial charge is 0.494 e. The molecule has 2 heteroatoms. The van der Waals surface area contributed by atoms with Gasteiger partial charge < -0.3 is 4.74 Å². The van der Waals surface area contributed by atoms with E-state index < -0.39 is 0 Å². The predicted molar refractivity (Wildman–Crippen MR) is 81.2 cm³/mol. The average Bonchev–Trinajstić information content (AvgIpc) is 2.45. The molecule has 0 aromatic heterocycles. The molecule has 104 valence electrons. The molecule has 1 N–H and O–H groups in total. The standard InChI is InChI=1S/C17H25NO/c1-4-7-13-19-17-11-9-15(10-12-17)14-18-16(6-3)8-5-2/h3,9-12,16,18H,4-5,7-8,13-14H2,1-2H3. The van der Waals surface area contributed by atoms with Crippen LogP contribution in [0.15, 0.2) is 24.3 Å². The van der Waals surface area contributed by atoms with E-state index >= 15 is 0 Å². The molecule has 1 aromatic carbocycles. The Balaban J connectivity index is 2.37. The highest BCUT2D eigenvalue weighted by Crippen LogP contribution is 2.13. The number of terminal acetylenes is 1. The fourth-order valence-corrected chi connectivity index (χ4v) is 1.81. The summed E-state index contributed by atoms with van der Waals surface area (Å²) in [6.07, 6.45) is 9.87. The van der Waals surface area contributed by atoms with E-state index in [-0.39, 0.29) is 6.04 Å². The van der Waals surface area contributed by atoms with E-state index in [9.17, 15) is 0 Å². The monoisotopic (exact) mass is 259 g/mol. The van der Waals surface area contributed by atoms with Crippen LogP contribution in [0, 0.1) is 12.3 Å². The molecule has 1 atom stereocenters. The van der Waals surface area contributed by atoms with E-state index in [0.717, 1.165) is 44.6 Å². The summed E-state index contributed by atoms with van der Waals surface area (Å²) in [5.74, 6) is 3.73. The molecule has 0 aliphatic heterocycles. The van der Waals surface area contributed by atoms with Crippen LogP contribution in [0.3, 0.4) is 0 Å². The first-order valence-electron chi connectivity index (χ1n) is 7.21. The van der Waals surface area contributed by atoms with E-state index in [0.29, 0.717) is 0 Å². The van der Waals surface area contributed by atoms with Gasteiger partial charge in [-0.3, -0.25) is 5.32 Å². The molecule has 0 amide bonds. The maximum atomic E-state index is 5.63. The third-order valence-corrected chi connectivity index (χ3v) is 3.02. The molecule has 1 aromatic rings. The minimum atomic E-state index is 0.172. The third kappa shape index (κ3) is 6.31. The van der Waals surface area contributed by atoms with Gasteiger partial charge in [0.25, 0.3) is 0 Å². The quantitative estimate of drug-likeness (QED) is 0.538. The molecule has 0 bridgehead atoms. The number of rotatable bonds is 9. The number of hydrogen-bond donors (Lipinski definition) is 1. The smallest absolute Gasteiger partial charge is 0.119 e. The van der Waals surface area contributed by atoms with Gasteiger partial charge in [-0.1, -0.05) is 44.7 Å². The summed E-state index contributed by atoms with van der Waals surface area (Å²) in [6.45, 7) is 5.92. The van der Waals surface area contributed by atoms with Crippen LogP contribution >= 0.6 is 0 Å². The first kappa shape index (κ1) is 15.6. The van der Waals surface area contributed by atoms with Gasteiger partial charge in [0.05, 0.1) is 12.6 Å². The molecule has 0 aliphatic rings. The Morgan fingerprint density at radius 3 is 2.53 bits per heavy atom. The molecule has 0 saturated carbocycles. The molecule has 0 heterocycles. The minimum absolute atomic E-state index is 0.172.